The molecule has 1 aliphatic heterocycles. The first-order valence-electron chi connectivity index (χ1n) is 30.5. The lowest BCUT2D eigenvalue weighted by Gasteiger charge is -2.41. The van der Waals surface area contributed by atoms with E-state index in [0.717, 1.165) is 61.6 Å². The van der Waals surface area contributed by atoms with Gasteiger partial charge in [-0.1, -0.05) is 239 Å². The molecule has 400 valence electrons. The van der Waals surface area contributed by atoms with Crippen LogP contribution in [-0.4, -0.2) is 0 Å². The molecule has 5 aliphatic rings. The average molecular weight is 1070 g/mol. The van der Waals surface area contributed by atoms with Gasteiger partial charge in [0, 0.05) is 44.4 Å². The van der Waals surface area contributed by atoms with Gasteiger partial charge in [0.1, 0.15) is 22.7 Å². The van der Waals surface area contributed by atoms with Crippen molar-refractivity contribution in [1.29, 1.82) is 0 Å². The second-order valence-electron chi connectivity index (χ2n) is 24.2. The lowest BCUT2D eigenvalue weighted by atomic mass is 9.65. The largest absolute Gasteiger partial charge is 0.457 e. The van der Waals surface area contributed by atoms with E-state index in [4.69, 9.17) is 9.15 Å². The number of hydrogen-bond acceptors (Lipinski definition) is 3. The first-order chi connectivity index (χ1) is 41.2. The Hall–Kier alpha value is -9.18. The molecule has 17 rings (SSSR count). The van der Waals surface area contributed by atoms with Gasteiger partial charge in [-0.3, -0.25) is 0 Å². The van der Waals surface area contributed by atoms with Gasteiger partial charge in [0.2, 0.25) is 0 Å². The van der Waals surface area contributed by atoms with Gasteiger partial charge in [-0.05, 0) is 153 Å². The second-order valence-corrected chi connectivity index (χ2v) is 24.2. The maximum atomic E-state index is 7.29. The van der Waals surface area contributed by atoms with E-state index in [9.17, 15) is 0 Å². The van der Waals surface area contributed by atoms with Crippen LogP contribution in [-0.2, 0) is 10.8 Å². The highest BCUT2D eigenvalue weighted by molar-refractivity contribution is 6.11. The van der Waals surface area contributed by atoms with Gasteiger partial charge in [0.25, 0.3) is 0 Å². The number of nitrogens with zero attached hydrogens (tertiary/aromatic N) is 1. The Morgan fingerprint density at radius 1 is 0.325 bits per heavy atom. The van der Waals surface area contributed by atoms with Crippen molar-refractivity contribution in [2.24, 2.45) is 0 Å². The lowest BCUT2D eigenvalue weighted by molar-refractivity contribution is 0.433. The van der Waals surface area contributed by atoms with Gasteiger partial charge in [-0.15, -0.1) is 0 Å². The highest BCUT2D eigenvalue weighted by Crippen LogP contribution is 2.65. The number of fused-ring (bicyclic) bond motifs is 15. The minimum atomic E-state index is -0.666. The normalized spacial score (nSPS) is 16.4. The zero-order chi connectivity index (χ0) is 54.6. The summed E-state index contributed by atoms with van der Waals surface area (Å²) < 4.78 is 14.2. The molecule has 0 unspecified atom stereocenters. The fraction of sp³-hybridized carbons (Fsp3) is 0.175. The van der Waals surface area contributed by atoms with Crippen molar-refractivity contribution >= 4 is 39.0 Å². The van der Waals surface area contributed by atoms with Crippen LogP contribution in [0, 0.1) is 0 Å². The molecule has 2 saturated carbocycles. The smallest absolute Gasteiger partial charge is 0.143 e. The molecule has 0 N–H and O–H groups in total. The summed E-state index contributed by atoms with van der Waals surface area (Å²) in [4.78, 5) is 2.54. The molecule has 11 aromatic carbocycles. The van der Waals surface area contributed by atoms with E-state index in [-0.39, 0.29) is 0 Å². The second kappa shape index (κ2) is 19.2. The van der Waals surface area contributed by atoms with E-state index in [1.165, 1.54) is 142 Å². The number of ether oxygens (including phenoxy) is 1. The molecule has 0 saturated heterocycles. The van der Waals surface area contributed by atoms with Crippen LogP contribution in [0.15, 0.2) is 253 Å². The summed E-state index contributed by atoms with van der Waals surface area (Å²) in [6.07, 6.45) is 12.8. The molecule has 83 heavy (non-hydrogen) atoms. The van der Waals surface area contributed by atoms with Gasteiger partial charge < -0.3 is 14.1 Å². The molecule has 2 fully saturated rings. The zero-order valence-electron chi connectivity index (χ0n) is 46.7. The molecule has 3 heteroatoms. The lowest BCUT2D eigenvalue weighted by Crippen LogP contribution is -2.33. The van der Waals surface area contributed by atoms with Crippen LogP contribution in [0.2, 0.25) is 0 Å². The molecule has 2 heterocycles. The Balaban J connectivity index is 0.955. The topological polar surface area (TPSA) is 25.6 Å². The van der Waals surface area contributed by atoms with E-state index in [2.05, 4.69) is 254 Å². The van der Waals surface area contributed by atoms with Crippen molar-refractivity contribution in [2.75, 3.05) is 4.90 Å². The molecular weight excluding hydrogens is 1010 g/mol. The molecule has 1 spiro atoms. The predicted molar refractivity (Wildman–Crippen MR) is 340 cm³/mol. The van der Waals surface area contributed by atoms with Crippen LogP contribution in [0.1, 0.15) is 132 Å². The summed E-state index contributed by atoms with van der Waals surface area (Å²) in [5, 5.41) is 2.22. The van der Waals surface area contributed by atoms with Crippen LogP contribution in [0.3, 0.4) is 0 Å². The monoisotopic (exact) mass is 1070 g/mol. The summed E-state index contributed by atoms with van der Waals surface area (Å²) in [5.74, 6) is 2.91. The van der Waals surface area contributed by atoms with Crippen molar-refractivity contribution in [1.82, 2.24) is 0 Å². The molecule has 4 aliphatic carbocycles. The third kappa shape index (κ3) is 7.23. The van der Waals surface area contributed by atoms with Crippen LogP contribution >= 0.6 is 0 Å². The standard InChI is InChI=1S/C80H63NO2/c1-5-22-52(23-6-1)54-40-44-61-62-45-41-55(53-24-7-2-8-25-53)49-71(62)80(70(61)48-54)69-36-17-20-39-76(69)82-77-47-43-59(51-73(77)80)81(74-37-18-14-31-64(74)66-33-21-34-67-65-32-15-19-38-75(65)83-78(66)67)58-42-46-63-60-30-13-16-35-68(60)79(72(63)50-58,56-26-9-3-10-27-56)57-28-11-4-12-29-57/h3-4,9-21,26-53H,1-2,5-8,22-25H2. The zero-order valence-corrected chi connectivity index (χ0v) is 46.7. The van der Waals surface area contributed by atoms with Crippen LogP contribution in [0.25, 0.3) is 55.3 Å². The van der Waals surface area contributed by atoms with Crippen molar-refractivity contribution < 1.29 is 9.15 Å². The van der Waals surface area contributed by atoms with E-state index in [0.29, 0.717) is 11.8 Å². The van der Waals surface area contributed by atoms with Gasteiger partial charge >= 0.3 is 0 Å². The number of furan rings is 1. The first-order valence-corrected chi connectivity index (χ1v) is 30.5. The Morgan fingerprint density at radius 2 is 0.819 bits per heavy atom. The predicted octanol–water partition coefficient (Wildman–Crippen LogP) is 21.7. The fourth-order valence-electron chi connectivity index (χ4n) is 16.3. The molecule has 0 bridgehead atoms. The number of anilines is 3. The molecule has 0 atom stereocenters. The Kier molecular flexibility index (Phi) is 11.2. The molecular formula is C80H63NO2. The molecule has 0 radical (unpaired) electrons. The van der Waals surface area contributed by atoms with Crippen LogP contribution in [0.5, 0.6) is 11.5 Å². The number of para-hydroxylation sites is 4. The molecule has 12 aromatic rings. The van der Waals surface area contributed by atoms with Gasteiger partial charge in [0.15, 0.2) is 0 Å². The molecule has 1 aromatic heterocycles. The first kappa shape index (κ1) is 48.5. The maximum Gasteiger partial charge on any atom is 0.143 e. The summed E-state index contributed by atoms with van der Waals surface area (Å²) in [7, 11) is 0. The summed E-state index contributed by atoms with van der Waals surface area (Å²) >= 11 is 0. The third-order valence-corrected chi connectivity index (χ3v) is 20.0. The Labute approximate surface area is 486 Å². The van der Waals surface area contributed by atoms with Crippen molar-refractivity contribution in [3.05, 3.63) is 304 Å². The number of rotatable bonds is 8. The fourth-order valence-corrected chi connectivity index (χ4v) is 16.3. The highest BCUT2D eigenvalue weighted by Gasteiger charge is 2.52. The SMILES string of the molecule is c1ccc(C2(c3ccccc3)c3ccccc3-c3ccc(N(c4ccc5c(c4)C4(c6ccccc6O5)c5cc(C6CCCCC6)ccc5-c5ccc(C6CCCCC6)cc54)c4ccccc4-c4cccc5c4oc4ccccc45)cc32)cc1. The van der Waals surface area contributed by atoms with Crippen molar-refractivity contribution in [2.45, 2.75) is 86.9 Å². The highest BCUT2D eigenvalue weighted by atomic mass is 16.5. The molecule has 3 nitrogen and oxygen atoms in total. The van der Waals surface area contributed by atoms with Gasteiger partial charge in [0.05, 0.1) is 16.5 Å². The summed E-state index contributed by atoms with van der Waals surface area (Å²) in [6.45, 7) is 0. The number of hydrogen-bond donors (Lipinski definition) is 0. The third-order valence-electron chi connectivity index (χ3n) is 20.0. The van der Waals surface area contributed by atoms with Crippen LogP contribution < -0.4 is 9.64 Å². The minimum Gasteiger partial charge on any atom is -0.457 e. The quantitative estimate of drug-likeness (QED) is 0.152. The van der Waals surface area contributed by atoms with E-state index >= 15 is 0 Å². The van der Waals surface area contributed by atoms with E-state index < -0.39 is 10.8 Å². The Bertz CT molecular complexity index is 4410. The van der Waals surface area contributed by atoms with Crippen molar-refractivity contribution in [3.8, 4) is 44.9 Å². The molecule has 0 amide bonds. The average Bonchev–Trinajstić information content (AvgIpc) is 1.88. The maximum absolute atomic E-state index is 7.29. The van der Waals surface area contributed by atoms with Gasteiger partial charge in [-0.2, -0.15) is 0 Å². The number of benzene rings is 11. The van der Waals surface area contributed by atoms with Crippen molar-refractivity contribution in [3.63, 3.8) is 0 Å². The van der Waals surface area contributed by atoms with Gasteiger partial charge in [-0.25, -0.2) is 0 Å². The minimum absolute atomic E-state index is 0.543. The Morgan fingerprint density at radius 3 is 1.51 bits per heavy atom. The summed E-state index contributed by atoms with van der Waals surface area (Å²) in [6, 6.07) is 94.1. The summed E-state index contributed by atoms with van der Waals surface area (Å²) in [5.41, 5.74) is 24.1. The van der Waals surface area contributed by atoms with E-state index in [1.807, 2.05) is 0 Å². The van der Waals surface area contributed by atoms with Crippen LogP contribution in [0.4, 0.5) is 17.1 Å². The van der Waals surface area contributed by atoms with E-state index in [1.54, 1.807) is 0 Å².